The Morgan fingerprint density at radius 2 is 2.06 bits per heavy atom. The Labute approximate surface area is 115 Å². The standard InChI is InChI=1S/C13H17BrN2O2/c1-16-4-2-12(3-5-16)18-13(17)9-6-10(14)8-11(15)7-9/h6-8,12H,2-5,15H2,1H3. The van der Waals surface area contributed by atoms with Crippen LogP contribution in [0.2, 0.25) is 0 Å². The molecule has 0 unspecified atom stereocenters. The van der Waals surface area contributed by atoms with E-state index in [1.54, 1.807) is 18.2 Å². The van der Waals surface area contributed by atoms with Gasteiger partial charge in [-0.05, 0) is 38.1 Å². The summed E-state index contributed by atoms with van der Waals surface area (Å²) in [6.07, 6.45) is 1.81. The van der Waals surface area contributed by atoms with Crippen molar-refractivity contribution in [3.8, 4) is 0 Å². The summed E-state index contributed by atoms with van der Waals surface area (Å²) < 4.78 is 6.28. The summed E-state index contributed by atoms with van der Waals surface area (Å²) in [7, 11) is 2.08. The third kappa shape index (κ3) is 3.46. The van der Waals surface area contributed by atoms with Crippen LogP contribution in [0.5, 0.6) is 0 Å². The van der Waals surface area contributed by atoms with Gasteiger partial charge in [-0.25, -0.2) is 4.79 Å². The zero-order valence-electron chi connectivity index (χ0n) is 10.4. The number of nitrogen functional groups attached to an aromatic ring is 1. The molecule has 98 valence electrons. The van der Waals surface area contributed by atoms with Gasteiger partial charge < -0.3 is 15.4 Å². The van der Waals surface area contributed by atoms with E-state index in [9.17, 15) is 4.79 Å². The highest BCUT2D eigenvalue weighted by Gasteiger charge is 2.21. The Hall–Kier alpha value is -1.07. The Kier molecular flexibility index (Phi) is 4.24. The van der Waals surface area contributed by atoms with Crippen LogP contribution in [0.25, 0.3) is 0 Å². The van der Waals surface area contributed by atoms with Gasteiger partial charge in [0.25, 0.3) is 0 Å². The van der Waals surface area contributed by atoms with E-state index >= 15 is 0 Å². The molecule has 1 aliphatic rings. The molecular weight excluding hydrogens is 296 g/mol. The van der Waals surface area contributed by atoms with Gasteiger partial charge in [0, 0.05) is 23.2 Å². The lowest BCUT2D eigenvalue weighted by atomic mass is 10.1. The maximum absolute atomic E-state index is 12.0. The summed E-state index contributed by atoms with van der Waals surface area (Å²) in [5, 5.41) is 0. The van der Waals surface area contributed by atoms with Crippen LogP contribution in [0.3, 0.4) is 0 Å². The molecule has 0 spiro atoms. The summed E-state index contributed by atoms with van der Waals surface area (Å²) in [6.45, 7) is 1.94. The lowest BCUT2D eigenvalue weighted by Gasteiger charge is -2.28. The van der Waals surface area contributed by atoms with E-state index in [0.717, 1.165) is 30.4 Å². The van der Waals surface area contributed by atoms with Crippen LogP contribution in [0.4, 0.5) is 5.69 Å². The predicted octanol–water partition coefficient (Wildman–Crippen LogP) is 2.28. The van der Waals surface area contributed by atoms with Crippen LogP contribution < -0.4 is 5.73 Å². The summed E-state index contributed by atoms with van der Waals surface area (Å²) in [6, 6.07) is 5.13. The van der Waals surface area contributed by atoms with Gasteiger partial charge in [0.05, 0.1) is 5.56 Å². The van der Waals surface area contributed by atoms with Gasteiger partial charge in [-0.15, -0.1) is 0 Å². The fourth-order valence-corrected chi connectivity index (χ4v) is 2.56. The number of anilines is 1. The van der Waals surface area contributed by atoms with Crippen molar-refractivity contribution in [2.24, 2.45) is 0 Å². The molecule has 0 amide bonds. The third-order valence-corrected chi connectivity index (χ3v) is 3.55. The highest BCUT2D eigenvalue weighted by atomic mass is 79.9. The number of piperidine rings is 1. The first kappa shape index (κ1) is 13.4. The van der Waals surface area contributed by atoms with Crippen LogP contribution in [-0.2, 0) is 4.74 Å². The smallest absolute Gasteiger partial charge is 0.338 e. The fraction of sp³-hybridized carbons (Fsp3) is 0.462. The normalized spacial score (nSPS) is 17.7. The minimum absolute atomic E-state index is 0.0221. The highest BCUT2D eigenvalue weighted by molar-refractivity contribution is 9.10. The monoisotopic (exact) mass is 312 g/mol. The zero-order valence-corrected chi connectivity index (χ0v) is 11.9. The average Bonchev–Trinajstić information content (AvgIpc) is 2.31. The molecule has 1 aromatic rings. The summed E-state index contributed by atoms with van der Waals surface area (Å²) in [4.78, 5) is 14.2. The number of likely N-dealkylation sites (tertiary alicyclic amines) is 1. The van der Waals surface area contributed by atoms with Crippen molar-refractivity contribution >= 4 is 27.6 Å². The van der Waals surface area contributed by atoms with Gasteiger partial charge in [0.15, 0.2) is 0 Å². The first-order chi connectivity index (χ1) is 8.54. The van der Waals surface area contributed by atoms with E-state index in [4.69, 9.17) is 10.5 Å². The van der Waals surface area contributed by atoms with Crippen LogP contribution in [0.15, 0.2) is 22.7 Å². The minimum atomic E-state index is -0.294. The Morgan fingerprint density at radius 3 is 2.67 bits per heavy atom. The molecule has 0 aliphatic carbocycles. The second-order valence-electron chi connectivity index (χ2n) is 4.68. The van der Waals surface area contributed by atoms with E-state index in [0.29, 0.717) is 11.3 Å². The molecule has 1 fully saturated rings. The maximum atomic E-state index is 12.0. The number of benzene rings is 1. The first-order valence-electron chi connectivity index (χ1n) is 6.00. The van der Waals surface area contributed by atoms with Crippen molar-refractivity contribution < 1.29 is 9.53 Å². The van der Waals surface area contributed by atoms with E-state index in [1.165, 1.54) is 0 Å². The van der Waals surface area contributed by atoms with E-state index in [-0.39, 0.29) is 12.1 Å². The van der Waals surface area contributed by atoms with Gasteiger partial charge in [-0.3, -0.25) is 0 Å². The number of nitrogens with two attached hydrogens (primary N) is 1. The maximum Gasteiger partial charge on any atom is 0.338 e. The summed E-state index contributed by atoms with van der Waals surface area (Å²) in [5.74, 6) is -0.294. The second-order valence-corrected chi connectivity index (χ2v) is 5.60. The number of nitrogens with zero attached hydrogens (tertiary/aromatic N) is 1. The lowest BCUT2D eigenvalue weighted by Crippen LogP contribution is -2.35. The fourth-order valence-electron chi connectivity index (χ4n) is 2.05. The summed E-state index contributed by atoms with van der Waals surface area (Å²) >= 11 is 3.32. The largest absolute Gasteiger partial charge is 0.459 e. The molecule has 0 aromatic heterocycles. The number of esters is 1. The average molecular weight is 313 g/mol. The number of rotatable bonds is 2. The van der Waals surface area contributed by atoms with Crippen molar-refractivity contribution in [1.29, 1.82) is 0 Å². The molecule has 1 aromatic carbocycles. The van der Waals surface area contributed by atoms with Crippen LogP contribution in [0.1, 0.15) is 23.2 Å². The van der Waals surface area contributed by atoms with Gasteiger partial charge in [0.2, 0.25) is 0 Å². The predicted molar refractivity (Wildman–Crippen MR) is 74.5 cm³/mol. The van der Waals surface area contributed by atoms with E-state index < -0.39 is 0 Å². The molecule has 0 bridgehead atoms. The Balaban J connectivity index is 1.99. The number of ether oxygens (including phenoxy) is 1. The Bertz CT molecular complexity index is 422. The van der Waals surface area contributed by atoms with Gasteiger partial charge >= 0.3 is 5.97 Å². The highest BCUT2D eigenvalue weighted by Crippen LogP contribution is 2.20. The molecular formula is C13H17BrN2O2. The van der Waals surface area contributed by atoms with Crippen molar-refractivity contribution in [2.75, 3.05) is 25.9 Å². The SMILES string of the molecule is CN1CCC(OC(=O)c2cc(N)cc(Br)c2)CC1. The van der Waals surface area contributed by atoms with Crippen LogP contribution >= 0.6 is 15.9 Å². The molecule has 2 rings (SSSR count). The quantitative estimate of drug-likeness (QED) is 0.672. The topological polar surface area (TPSA) is 55.6 Å². The molecule has 0 atom stereocenters. The third-order valence-electron chi connectivity index (χ3n) is 3.10. The molecule has 0 radical (unpaired) electrons. The molecule has 18 heavy (non-hydrogen) atoms. The number of hydrogen-bond acceptors (Lipinski definition) is 4. The second kappa shape index (κ2) is 5.71. The number of carbonyl (C=O) groups is 1. The van der Waals surface area contributed by atoms with Crippen molar-refractivity contribution in [3.63, 3.8) is 0 Å². The first-order valence-corrected chi connectivity index (χ1v) is 6.79. The van der Waals surface area contributed by atoms with Crippen LogP contribution in [-0.4, -0.2) is 37.1 Å². The van der Waals surface area contributed by atoms with Gasteiger partial charge in [0.1, 0.15) is 6.10 Å². The van der Waals surface area contributed by atoms with E-state index in [1.807, 2.05) is 0 Å². The molecule has 1 aliphatic heterocycles. The van der Waals surface area contributed by atoms with Gasteiger partial charge in [-0.2, -0.15) is 0 Å². The Morgan fingerprint density at radius 1 is 1.39 bits per heavy atom. The minimum Gasteiger partial charge on any atom is -0.459 e. The number of carbonyl (C=O) groups excluding carboxylic acids is 1. The molecule has 4 nitrogen and oxygen atoms in total. The van der Waals surface area contributed by atoms with Gasteiger partial charge in [-0.1, -0.05) is 15.9 Å². The van der Waals surface area contributed by atoms with Crippen molar-refractivity contribution in [2.45, 2.75) is 18.9 Å². The van der Waals surface area contributed by atoms with Crippen LogP contribution in [0, 0.1) is 0 Å². The molecule has 1 heterocycles. The number of halogens is 1. The molecule has 0 saturated carbocycles. The van der Waals surface area contributed by atoms with Crippen molar-refractivity contribution in [1.82, 2.24) is 4.90 Å². The molecule has 5 heteroatoms. The number of hydrogen-bond donors (Lipinski definition) is 1. The van der Waals surface area contributed by atoms with Crippen molar-refractivity contribution in [3.05, 3.63) is 28.2 Å². The molecule has 2 N–H and O–H groups in total. The zero-order chi connectivity index (χ0) is 13.1. The van der Waals surface area contributed by atoms with E-state index in [2.05, 4.69) is 27.9 Å². The summed E-state index contributed by atoms with van der Waals surface area (Å²) in [5.41, 5.74) is 6.76. The lowest BCUT2D eigenvalue weighted by molar-refractivity contribution is 0.0139. The molecule has 1 saturated heterocycles.